The zero-order chi connectivity index (χ0) is 15.7. The molecule has 0 saturated heterocycles. The second kappa shape index (κ2) is 8.77. The van der Waals surface area contributed by atoms with Crippen molar-refractivity contribution in [3.05, 3.63) is 43.9 Å². The molecule has 0 spiro atoms. The van der Waals surface area contributed by atoms with Gasteiger partial charge in [0.05, 0.1) is 16.6 Å². The molecule has 0 saturated carbocycles. The highest BCUT2D eigenvalue weighted by atomic mass is 35.5. The predicted octanol–water partition coefficient (Wildman–Crippen LogP) is 0.734. The van der Waals surface area contributed by atoms with Gasteiger partial charge >= 0.3 is 0 Å². The number of nitrogens with zero attached hydrogens (tertiary/aromatic N) is 3. The Morgan fingerprint density at radius 1 is 1.30 bits per heavy atom. The van der Waals surface area contributed by atoms with E-state index < -0.39 is 5.09 Å². The van der Waals surface area contributed by atoms with Crippen LogP contribution in [0.15, 0.2) is 28.2 Å². The molecule has 0 aromatic heterocycles. The van der Waals surface area contributed by atoms with Crippen molar-refractivity contribution in [1.29, 1.82) is 0 Å². The Morgan fingerprint density at radius 3 is 2.30 bits per heavy atom. The summed E-state index contributed by atoms with van der Waals surface area (Å²) in [5.74, 6) is -0.110. The number of aliphatic imine (C=N–C) groups is 2. The van der Waals surface area contributed by atoms with Gasteiger partial charge in [-0.3, -0.25) is 0 Å². The van der Waals surface area contributed by atoms with Crippen molar-refractivity contribution in [2.24, 2.45) is 27.2 Å². The fourth-order valence-corrected chi connectivity index (χ4v) is 1.30. The maximum Gasteiger partial charge on any atom is 0.291 e. The van der Waals surface area contributed by atoms with E-state index in [9.17, 15) is 0 Å². The fraction of sp³-hybridized carbons (Fsp3) is 0.111. The summed E-state index contributed by atoms with van der Waals surface area (Å²) in [5.41, 5.74) is 16.6. The summed E-state index contributed by atoms with van der Waals surface area (Å²) in [6, 6.07) is 5.18. The molecule has 0 bridgehead atoms. The number of hydrogen-bond acceptors (Lipinski definition) is 3. The normalized spacial score (nSPS) is 10.2. The largest absolute Gasteiger partial charge is 0.370 e. The van der Waals surface area contributed by atoms with Crippen LogP contribution in [0.25, 0.3) is 0 Å². The van der Waals surface area contributed by atoms with Crippen LogP contribution < -0.4 is 17.2 Å². The van der Waals surface area contributed by atoms with E-state index in [0.29, 0.717) is 16.6 Å². The molecule has 0 aliphatic heterocycles. The Hall–Kier alpha value is -2.26. The molecule has 11 heteroatoms. The van der Waals surface area contributed by atoms with Gasteiger partial charge in [0.1, 0.15) is 0 Å². The van der Waals surface area contributed by atoms with Crippen molar-refractivity contribution in [2.75, 3.05) is 0 Å². The molecule has 0 aliphatic rings. The van der Waals surface area contributed by atoms with Gasteiger partial charge in [0.15, 0.2) is 5.96 Å². The zero-order valence-corrected chi connectivity index (χ0v) is 11.5. The summed E-state index contributed by atoms with van der Waals surface area (Å²) in [7, 11) is 0. The summed E-state index contributed by atoms with van der Waals surface area (Å²) >= 11 is 11.6. The maximum atomic E-state index is 8.36. The fourth-order valence-electron chi connectivity index (χ4n) is 0.978. The molecule has 1 rings (SSSR count). The van der Waals surface area contributed by atoms with Crippen molar-refractivity contribution in [2.45, 2.75) is 6.54 Å². The van der Waals surface area contributed by atoms with E-state index in [4.69, 9.17) is 55.7 Å². The average molecular weight is 323 g/mol. The number of hydrogen-bond donors (Lipinski definition) is 4. The van der Waals surface area contributed by atoms with E-state index in [0.717, 1.165) is 5.56 Å². The smallest absolute Gasteiger partial charge is 0.291 e. The van der Waals surface area contributed by atoms with Crippen molar-refractivity contribution in [1.82, 2.24) is 0 Å². The quantitative estimate of drug-likeness (QED) is 0.271. The van der Waals surface area contributed by atoms with Gasteiger partial charge in [0, 0.05) is 0 Å². The number of guanidine groups is 2. The molecule has 1 aromatic rings. The number of rotatable bonds is 2. The van der Waals surface area contributed by atoms with Gasteiger partial charge in [0.25, 0.3) is 5.09 Å². The van der Waals surface area contributed by atoms with Crippen LogP contribution in [0, 0.1) is 10.1 Å². The molecule has 1 aromatic carbocycles. The minimum absolute atomic E-state index is 0.0195. The van der Waals surface area contributed by atoms with Crippen LogP contribution in [0.4, 0.5) is 0 Å². The van der Waals surface area contributed by atoms with Crippen LogP contribution in [-0.2, 0) is 6.54 Å². The molecular formula is C9H12Cl2N6O3. The number of halogens is 2. The van der Waals surface area contributed by atoms with Crippen molar-refractivity contribution in [3.63, 3.8) is 0 Å². The van der Waals surface area contributed by atoms with Gasteiger partial charge in [-0.1, -0.05) is 29.3 Å². The Balaban J connectivity index is 0.000000796. The van der Waals surface area contributed by atoms with Crippen LogP contribution in [0.1, 0.15) is 5.56 Å². The van der Waals surface area contributed by atoms with Crippen molar-refractivity contribution in [3.8, 4) is 0 Å². The number of benzene rings is 1. The Labute approximate surface area is 123 Å². The summed E-state index contributed by atoms with van der Waals surface area (Å²) in [6.45, 7) is 0.333. The van der Waals surface area contributed by atoms with E-state index in [-0.39, 0.29) is 11.9 Å². The van der Waals surface area contributed by atoms with Gasteiger partial charge in [0.2, 0.25) is 5.96 Å². The molecule has 9 nitrogen and oxygen atoms in total. The first-order valence-electron chi connectivity index (χ1n) is 4.89. The Bertz CT molecular complexity index is 526. The first-order chi connectivity index (χ1) is 9.22. The van der Waals surface area contributed by atoms with Gasteiger partial charge < -0.3 is 22.4 Å². The van der Waals surface area contributed by atoms with Crippen LogP contribution >= 0.6 is 23.2 Å². The van der Waals surface area contributed by atoms with E-state index in [1.165, 1.54) is 0 Å². The highest BCUT2D eigenvalue weighted by Crippen LogP contribution is 2.22. The minimum Gasteiger partial charge on any atom is -0.370 e. The first kappa shape index (κ1) is 17.7. The second-order valence-electron chi connectivity index (χ2n) is 3.20. The highest BCUT2D eigenvalue weighted by molar-refractivity contribution is 6.42. The molecule has 0 atom stereocenters. The summed E-state index contributed by atoms with van der Waals surface area (Å²) in [6.07, 6.45) is 0. The molecule has 0 aliphatic carbocycles. The maximum absolute atomic E-state index is 8.36. The van der Waals surface area contributed by atoms with Crippen LogP contribution in [0.2, 0.25) is 10.0 Å². The van der Waals surface area contributed by atoms with Crippen LogP contribution in [0.5, 0.6) is 0 Å². The second-order valence-corrected chi connectivity index (χ2v) is 4.01. The molecule has 0 unspecified atom stereocenters. The summed E-state index contributed by atoms with van der Waals surface area (Å²) < 4.78 is 0. The first-order valence-corrected chi connectivity index (χ1v) is 5.64. The third kappa shape index (κ3) is 8.78. The van der Waals surface area contributed by atoms with Gasteiger partial charge in [-0.15, -0.1) is 10.1 Å². The third-order valence-electron chi connectivity index (χ3n) is 1.65. The molecule has 110 valence electrons. The number of nitrogens with two attached hydrogens (primary N) is 3. The van der Waals surface area contributed by atoms with Crippen molar-refractivity contribution < 1.29 is 10.3 Å². The Morgan fingerprint density at radius 2 is 1.85 bits per heavy atom. The van der Waals surface area contributed by atoms with E-state index in [2.05, 4.69) is 9.98 Å². The van der Waals surface area contributed by atoms with E-state index >= 15 is 0 Å². The lowest BCUT2D eigenvalue weighted by molar-refractivity contribution is -0.742. The third-order valence-corrected chi connectivity index (χ3v) is 2.39. The lowest BCUT2D eigenvalue weighted by Gasteiger charge is -2.00. The van der Waals surface area contributed by atoms with Crippen LogP contribution in [0.3, 0.4) is 0 Å². The minimum atomic E-state index is -1.50. The van der Waals surface area contributed by atoms with E-state index in [1.807, 2.05) is 0 Å². The van der Waals surface area contributed by atoms with Gasteiger partial charge in [-0.05, 0) is 17.7 Å². The average Bonchev–Trinajstić information content (AvgIpc) is 2.29. The summed E-state index contributed by atoms with van der Waals surface area (Å²) in [5, 5.41) is 14.6. The monoisotopic (exact) mass is 322 g/mol. The molecule has 0 fully saturated rings. The van der Waals surface area contributed by atoms with Crippen LogP contribution in [-0.4, -0.2) is 22.2 Å². The standard InChI is InChI=1S/C9H11Cl2N5.HNO3/c10-6-2-1-5(3-7(6)11)4-15-9(14)16-8(12)13;2-1(3)4/h1-3H,4H2,(H6,12,13,14,15,16);(H,2,3,4). The molecular weight excluding hydrogens is 311 g/mol. The lowest BCUT2D eigenvalue weighted by Crippen LogP contribution is -2.26. The molecule has 20 heavy (non-hydrogen) atoms. The Kier molecular flexibility index (Phi) is 7.78. The van der Waals surface area contributed by atoms with Gasteiger partial charge in [-0.2, -0.15) is 4.99 Å². The molecule has 7 N–H and O–H groups in total. The SMILES string of the molecule is NC(N)=NC(N)=NCc1ccc(Cl)c(Cl)c1.O=[N+]([O-])O. The lowest BCUT2D eigenvalue weighted by atomic mass is 10.2. The topological polar surface area (TPSA) is 166 Å². The predicted molar refractivity (Wildman–Crippen MR) is 76.4 cm³/mol. The van der Waals surface area contributed by atoms with E-state index in [1.54, 1.807) is 18.2 Å². The van der Waals surface area contributed by atoms with Gasteiger partial charge in [-0.25, -0.2) is 4.99 Å². The molecule has 0 amide bonds. The summed E-state index contributed by atoms with van der Waals surface area (Å²) in [4.78, 5) is 15.9. The van der Waals surface area contributed by atoms with Crippen molar-refractivity contribution >= 4 is 35.1 Å². The highest BCUT2D eigenvalue weighted by Gasteiger charge is 1.99. The molecule has 0 radical (unpaired) electrons. The molecule has 0 heterocycles. The zero-order valence-electron chi connectivity index (χ0n) is 10.0.